The molecule has 2 N–H and O–H groups in total. The maximum atomic E-state index is 11.5. The Hall–Kier alpha value is -2.04. The maximum Gasteiger partial charge on any atom is 0.321 e. The van der Waals surface area contributed by atoms with Gasteiger partial charge in [0.25, 0.3) is 5.91 Å². The highest BCUT2D eigenvalue weighted by Gasteiger charge is 2.16. The first-order valence-electron chi connectivity index (χ1n) is 5.85. The Morgan fingerprint density at radius 3 is 2.39 bits per heavy atom. The van der Waals surface area contributed by atoms with Crippen LogP contribution in [0.5, 0.6) is 5.75 Å². The number of rotatable bonds is 4. The van der Waals surface area contributed by atoms with Gasteiger partial charge < -0.3 is 10.1 Å². The van der Waals surface area contributed by atoms with Crippen LogP contribution in [0.15, 0.2) is 24.3 Å². The molecule has 3 amide bonds. The van der Waals surface area contributed by atoms with E-state index in [4.69, 9.17) is 4.74 Å². The van der Waals surface area contributed by atoms with Crippen molar-refractivity contribution in [1.29, 1.82) is 0 Å². The number of urea groups is 1. The average Bonchev–Trinajstić information content (AvgIpc) is 2.39. The minimum Gasteiger partial charge on any atom is -0.481 e. The molecular formula is C13H18N2O3. The third-order valence-corrected chi connectivity index (χ3v) is 2.48. The van der Waals surface area contributed by atoms with Gasteiger partial charge in [0, 0.05) is 7.05 Å². The van der Waals surface area contributed by atoms with E-state index in [9.17, 15) is 9.59 Å². The average molecular weight is 250 g/mol. The molecule has 0 radical (unpaired) electrons. The van der Waals surface area contributed by atoms with Gasteiger partial charge in [0.1, 0.15) is 5.75 Å². The van der Waals surface area contributed by atoms with E-state index < -0.39 is 18.0 Å². The van der Waals surface area contributed by atoms with Crippen molar-refractivity contribution in [3.05, 3.63) is 29.8 Å². The second kappa shape index (κ2) is 6.64. The number of ether oxygens (including phenoxy) is 1. The molecule has 1 rings (SSSR count). The van der Waals surface area contributed by atoms with E-state index in [2.05, 4.69) is 17.6 Å². The van der Waals surface area contributed by atoms with Crippen LogP contribution >= 0.6 is 0 Å². The highest BCUT2D eigenvalue weighted by atomic mass is 16.5. The van der Waals surface area contributed by atoms with E-state index in [1.807, 2.05) is 24.3 Å². The van der Waals surface area contributed by atoms with Crippen molar-refractivity contribution >= 4 is 11.9 Å². The van der Waals surface area contributed by atoms with Crippen LogP contribution in [0.25, 0.3) is 0 Å². The number of benzene rings is 1. The molecule has 0 saturated carbocycles. The van der Waals surface area contributed by atoms with Crippen LogP contribution in [0.1, 0.15) is 19.4 Å². The van der Waals surface area contributed by atoms with Crippen LogP contribution in [0.4, 0.5) is 4.79 Å². The molecule has 1 aromatic carbocycles. The summed E-state index contributed by atoms with van der Waals surface area (Å²) >= 11 is 0. The molecule has 18 heavy (non-hydrogen) atoms. The molecule has 0 saturated heterocycles. The summed E-state index contributed by atoms with van der Waals surface area (Å²) in [5.41, 5.74) is 1.20. The molecule has 98 valence electrons. The Morgan fingerprint density at radius 2 is 1.89 bits per heavy atom. The zero-order valence-corrected chi connectivity index (χ0v) is 10.8. The first-order valence-corrected chi connectivity index (χ1v) is 5.85. The zero-order chi connectivity index (χ0) is 13.5. The number of carbonyl (C=O) groups is 2. The van der Waals surface area contributed by atoms with E-state index in [1.54, 1.807) is 6.92 Å². The van der Waals surface area contributed by atoms with Gasteiger partial charge >= 0.3 is 6.03 Å². The SMILES string of the molecule is CCc1ccc(OC(C)C(=O)NC(=O)NC)cc1. The van der Waals surface area contributed by atoms with E-state index >= 15 is 0 Å². The fourth-order valence-corrected chi connectivity index (χ4v) is 1.34. The van der Waals surface area contributed by atoms with Gasteiger partial charge in [-0.25, -0.2) is 4.79 Å². The highest BCUT2D eigenvalue weighted by molar-refractivity contribution is 5.96. The van der Waals surface area contributed by atoms with Crippen molar-refractivity contribution in [3.8, 4) is 5.75 Å². The molecule has 0 aliphatic carbocycles. The van der Waals surface area contributed by atoms with Crippen LogP contribution in [0.3, 0.4) is 0 Å². The number of imide groups is 1. The molecular weight excluding hydrogens is 232 g/mol. The van der Waals surface area contributed by atoms with Gasteiger partial charge in [-0.05, 0) is 31.0 Å². The third-order valence-electron chi connectivity index (χ3n) is 2.48. The van der Waals surface area contributed by atoms with Crippen molar-refractivity contribution in [2.75, 3.05) is 7.05 Å². The van der Waals surface area contributed by atoms with Crippen molar-refractivity contribution in [2.45, 2.75) is 26.4 Å². The zero-order valence-electron chi connectivity index (χ0n) is 10.8. The standard InChI is InChI=1S/C13H18N2O3/c1-4-10-5-7-11(8-6-10)18-9(2)12(16)15-13(17)14-3/h5-9H,4H2,1-3H3,(H2,14,15,16,17). The van der Waals surface area contributed by atoms with Gasteiger partial charge in [0.05, 0.1) is 0 Å². The Kier molecular flexibility index (Phi) is 5.17. The lowest BCUT2D eigenvalue weighted by Gasteiger charge is -2.14. The summed E-state index contributed by atoms with van der Waals surface area (Å²) in [6.45, 7) is 3.65. The summed E-state index contributed by atoms with van der Waals surface area (Å²) in [5, 5.41) is 4.46. The van der Waals surface area contributed by atoms with Crippen LogP contribution in [-0.4, -0.2) is 25.1 Å². The van der Waals surface area contributed by atoms with Gasteiger partial charge in [0.15, 0.2) is 6.10 Å². The molecule has 0 fully saturated rings. The van der Waals surface area contributed by atoms with Crippen LogP contribution in [0.2, 0.25) is 0 Å². The molecule has 0 aliphatic rings. The predicted molar refractivity (Wildman–Crippen MR) is 68.5 cm³/mol. The molecule has 0 bridgehead atoms. The Balaban J connectivity index is 2.55. The number of amides is 3. The minimum atomic E-state index is -0.727. The van der Waals surface area contributed by atoms with Gasteiger partial charge in [0.2, 0.25) is 0 Å². The van der Waals surface area contributed by atoms with Crippen molar-refractivity contribution < 1.29 is 14.3 Å². The molecule has 0 aromatic heterocycles. The maximum absolute atomic E-state index is 11.5. The molecule has 0 aliphatic heterocycles. The molecule has 5 heteroatoms. The fraction of sp³-hybridized carbons (Fsp3) is 0.385. The van der Waals surface area contributed by atoms with Gasteiger partial charge in [-0.3, -0.25) is 10.1 Å². The lowest BCUT2D eigenvalue weighted by Crippen LogP contribution is -2.43. The molecule has 0 spiro atoms. The molecule has 1 atom stereocenters. The minimum absolute atomic E-state index is 0.478. The van der Waals surface area contributed by atoms with Crippen LogP contribution < -0.4 is 15.4 Å². The van der Waals surface area contributed by atoms with Gasteiger partial charge in [-0.2, -0.15) is 0 Å². The first kappa shape index (κ1) is 14.0. The van der Waals surface area contributed by atoms with E-state index in [-0.39, 0.29) is 0 Å². The van der Waals surface area contributed by atoms with Crippen molar-refractivity contribution in [1.82, 2.24) is 10.6 Å². The summed E-state index contributed by atoms with van der Waals surface area (Å²) in [5.74, 6) is 0.126. The summed E-state index contributed by atoms with van der Waals surface area (Å²) in [4.78, 5) is 22.5. The lowest BCUT2D eigenvalue weighted by atomic mass is 10.2. The second-order valence-corrected chi connectivity index (χ2v) is 3.83. The summed E-state index contributed by atoms with van der Waals surface area (Å²) in [6, 6.07) is 6.96. The largest absolute Gasteiger partial charge is 0.481 e. The fourth-order valence-electron chi connectivity index (χ4n) is 1.34. The first-order chi connectivity index (χ1) is 8.56. The summed E-state index contributed by atoms with van der Waals surface area (Å²) in [6.07, 6.45) is 0.224. The summed E-state index contributed by atoms with van der Waals surface area (Å²) < 4.78 is 5.43. The van der Waals surface area contributed by atoms with Gasteiger partial charge in [-0.15, -0.1) is 0 Å². The number of nitrogens with one attached hydrogen (secondary N) is 2. The Morgan fingerprint density at radius 1 is 1.28 bits per heavy atom. The van der Waals surface area contributed by atoms with Gasteiger partial charge in [-0.1, -0.05) is 19.1 Å². The monoisotopic (exact) mass is 250 g/mol. The van der Waals surface area contributed by atoms with Crippen LogP contribution in [-0.2, 0) is 11.2 Å². The van der Waals surface area contributed by atoms with Crippen molar-refractivity contribution in [3.63, 3.8) is 0 Å². The highest BCUT2D eigenvalue weighted by Crippen LogP contribution is 2.14. The second-order valence-electron chi connectivity index (χ2n) is 3.83. The molecule has 0 heterocycles. The summed E-state index contributed by atoms with van der Waals surface area (Å²) in [7, 11) is 1.44. The smallest absolute Gasteiger partial charge is 0.321 e. The normalized spacial score (nSPS) is 11.5. The Labute approximate surface area is 107 Å². The number of aryl methyl sites for hydroxylation is 1. The number of hydrogen-bond acceptors (Lipinski definition) is 3. The quantitative estimate of drug-likeness (QED) is 0.850. The Bertz CT molecular complexity index is 415. The third kappa shape index (κ3) is 4.08. The number of carbonyl (C=O) groups excluding carboxylic acids is 2. The molecule has 1 unspecified atom stereocenters. The van der Waals surface area contributed by atoms with E-state index in [0.717, 1.165) is 6.42 Å². The topological polar surface area (TPSA) is 67.4 Å². The predicted octanol–water partition coefficient (Wildman–Crippen LogP) is 1.47. The lowest BCUT2D eigenvalue weighted by molar-refractivity contribution is -0.126. The van der Waals surface area contributed by atoms with E-state index in [0.29, 0.717) is 5.75 Å². The van der Waals surface area contributed by atoms with Crippen molar-refractivity contribution in [2.24, 2.45) is 0 Å². The molecule has 1 aromatic rings. The number of hydrogen-bond donors (Lipinski definition) is 2. The molecule has 5 nitrogen and oxygen atoms in total. The van der Waals surface area contributed by atoms with Crippen LogP contribution in [0, 0.1) is 0 Å². The van der Waals surface area contributed by atoms with E-state index in [1.165, 1.54) is 12.6 Å².